The summed E-state index contributed by atoms with van der Waals surface area (Å²) in [7, 11) is 1.62. The van der Waals surface area contributed by atoms with Crippen LogP contribution in [0.3, 0.4) is 0 Å². The molecule has 0 aliphatic rings. The highest BCUT2D eigenvalue weighted by atomic mass is 35.5. The molecule has 18 heavy (non-hydrogen) atoms. The van der Waals surface area contributed by atoms with Crippen molar-refractivity contribution in [2.45, 2.75) is 6.92 Å². The summed E-state index contributed by atoms with van der Waals surface area (Å²) < 4.78 is 5.31. The number of hydrogen-bond donors (Lipinski definition) is 2. The third-order valence-corrected chi connectivity index (χ3v) is 3.08. The van der Waals surface area contributed by atoms with E-state index in [1.165, 1.54) is 0 Å². The second-order valence-electron chi connectivity index (χ2n) is 4.05. The number of anilines is 3. The third-order valence-electron chi connectivity index (χ3n) is 2.67. The summed E-state index contributed by atoms with van der Waals surface area (Å²) in [4.78, 5) is 0. The van der Waals surface area contributed by atoms with Crippen LogP contribution in [0.4, 0.5) is 17.1 Å². The average molecular weight is 263 g/mol. The normalized spacial score (nSPS) is 10.2. The van der Waals surface area contributed by atoms with Crippen molar-refractivity contribution in [3.8, 4) is 5.75 Å². The second kappa shape index (κ2) is 5.19. The molecule has 94 valence electrons. The number of nitrogens with one attached hydrogen (secondary N) is 1. The zero-order valence-electron chi connectivity index (χ0n) is 10.3. The topological polar surface area (TPSA) is 47.3 Å². The number of ether oxygens (including phenoxy) is 1. The monoisotopic (exact) mass is 262 g/mol. The van der Waals surface area contributed by atoms with Crippen molar-refractivity contribution in [2.75, 3.05) is 18.2 Å². The Kier molecular flexibility index (Phi) is 3.63. The van der Waals surface area contributed by atoms with Crippen molar-refractivity contribution in [1.29, 1.82) is 0 Å². The van der Waals surface area contributed by atoms with E-state index in [2.05, 4.69) is 5.32 Å². The first-order valence-electron chi connectivity index (χ1n) is 5.57. The highest BCUT2D eigenvalue weighted by Gasteiger charge is 2.07. The molecule has 0 atom stereocenters. The van der Waals surface area contributed by atoms with Crippen molar-refractivity contribution in [2.24, 2.45) is 0 Å². The van der Waals surface area contributed by atoms with E-state index in [1.807, 2.05) is 37.3 Å². The van der Waals surface area contributed by atoms with Crippen LogP contribution in [0.1, 0.15) is 5.56 Å². The van der Waals surface area contributed by atoms with Crippen molar-refractivity contribution in [3.05, 3.63) is 47.0 Å². The van der Waals surface area contributed by atoms with Gasteiger partial charge in [-0.2, -0.15) is 0 Å². The fourth-order valence-electron chi connectivity index (χ4n) is 1.65. The molecule has 0 spiro atoms. The number of hydrogen-bond acceptors (Lipinski definition) is 3. The summed E-state index contributed by atoms with van der Waals surface area (Å²) in [5.74, 6) is 0.711. The molecule has 0 heterocycles. The van der Waals surface area contributed by atoms with Gasteiger partial charge in [0.2, 0.25) is 0 Å². The molecule has 0 amide bonds. The molecule has 0 saturated heterocycles. The minimum Gasteiger partial charge on any atom is -0.495 e. The Morgan fingerprint density at radius 1 is 1.17 bits per heavy atom. The lowest BCUT2D eigenvalue weighted by molar-refractivity contribution is 0.417. The van der Waals surface area contributed by atoms with E-state index in [0.29, 0.717) is 10.8 Å². The van der Waals surface area contributed by atoms with Gasteiger partial charge in [-0.25, -0.2) is 0 Å². The number of methoxy groups -OCH3 is 1. The molecule has 0 bridgehead atoms. The summed E-state index contributed by atoms with van der Waals surface area (Å²) in [6.07, 6.45) is 0. The van der Waals surface area contributed by atoms with E-state index in [4.69, 9.17) is 22.1 Å². The van der Waals surface area contributed by atoms with Gasteiger partial charge < -0.3 is 15.8 Å². The molecule has 0 aliphatic carbocycles. The Balaban J connectivity index is 2.33. The molecular formula is C14H15ClN2O. The lowest BCUT2D eigenvalue weighted by atomic mass is 10.2. The highest BCUT2D eigenvalue weighted by molar-refractivity contribution is 6.31. The number of aryl methyl sites for hydroxylation is 1. The molecule has 4 heteroatoms. The molecule has 2 rings (SSSR count). The van der Waals surface area contributed by atoms with Crippen LogP contribution in [-0.2, 0) is 0 Å². The predicted octanol–water partition coefficient (Wildman–Crippen LogP) is 3.98. The van der Waals surface area contributed by atoms with E-state index in [-0.39, 0.29) is 0 Å². The maximum Gasteiger partial charge on any atom is 0.143 e. The first kappa shape index (κ1) is 12.6. The number of halogens is 1. The lowest BCUT2D eigenvalue weighted by Gasteiger charge is -2.13. The minimum absolute atomic E-state index is 0.690. The van der Waals surface area contributed by atoms with Crippen LogP contribution in [-0.4, -0.2) is 7.11 Å². The first-order valence-corrected chi connectivity index (χ1v) is 5.94. The van der Waals surface area contributed by atoms with Crippen LogP contribution in [0.25, 0.3) is 0 Å². The van der Waals surface area contributed by atoms with Gasteiger partial charge >= 0.3 is 0 Å². The van der Waals surface area contributed by atoms with Gasteiger partial charge in [0.1, 0.15) is 5.75 Å². The summed E-state index contributed by atoms with van der Waals surface area (Å²) in [5, 5.41) is 3.97. The maximum atomic E-state index is 6.06. The van der Waals surface area contributed by atoms with E-state index < -0.39 is 0 Å². The smallest absolute Gasteiger partial charge is 0.143 e. The fourth-order valence-corrected chi connectivity index (χ4v) is 1.81. The van der Waals surface area contributed by atoms with E-state index in [1.54, 1.807) is 13.2 Å². The standard InChI is InChI=1S/C14H15ClN2O/c1-9-7-13(14(18-2)8-12(9)15)17-11-5-3-10(16)4-6-11/h3-8,17H,16H2,1-2H3. The number of nitrogens with two attached hydrogens (primary N) is 1. The quantitative estimate of drug-likeness (QED) is 0.823. The fraction of sp³-hybridized carbons (Fsp3) is 0.143. The molecule has 0 saturated carbocycles. The van der Waals surface area contributed by atoms with Crippen LogP contribution < -0.4 is 15.8 Å². The Labute approximate surface area is 112 Å². The molecule has 0 radical (unpaired) electrons. The Morgan fingerprint density at radius 3 is 2.44 bits per heavy atom. The van der Waals surface area contributed by atoms with Crippen LogP contribution in [0.15, 0.2) is 36.4 Å². The van der Waals surface area contributed by atoms with Gasteiger partial charge in [0.05, 0.1) is 12.8 Å². The van der Waals surface area contributed by atoms with Gasteiger partial charge in [-0.3, -0.25) is 0 Å². The molecule has 2 aromatic rings. The van der Waals surface area contributed by atoms with Gasteiger partial charge in [0, 0.05) is 22.5 Å². The molecule has 2 aromatic carbocycles. The van der Waals surface area contributed by atoms with Gasteiger partial charge in [-0.05, 0) is 42.8 Å². The van der Waals surface area contributed by atoms with Gasteiger partial charge in [0.15, 0.2) is 0 Å². The highest BCUT2D eigenvalue weighted by Crippen LogP contribution is 2.33. The van der Waals surface area contributed by atoms with E-state index in [0.717, 1.165) is 22.6 Å². The van der Waals surface area contributed by atoms with Crippen LogP contribution in [0.5, 0.6) is 5.75 Å². The zero-order valence-corrected chi connectivity index (χ0v) is 11.1. The second-order valence-corrected chi connectivity index (χ2v) is 4.46. The largest absolute Gasteiger partial charge is 0.495 e. The molecule has 0 aromatic heterocycles. The summed E-state index contributed by atoms with van der Waals surface area (Å²) in [6, 6.07) is 11.3. The Morgan fingerprint density at radius 2 is 1.83 bits per heavy atom. The van der Waals surface area contributed by atoms with Crippen molar-refractivity contribution < 1.29 is 4.74 Å². The molecule has 0 aliphatic heterocycles. The van der Waals surface area contributed by atoms with Gasteiger partial charge in [-0.15, -0.1) is 0 Å². The van der Waals surface area contributed by atoms with Crippen molar-refractivity contribution in [3.63, 3.8) is 0 Å². The summed E-state index contributed by atoms with van der Waals surface area (Å²) >= 11 is 6.06. The number of benzene rings is 2. The first-order chi connectivity index (χ1) is 8.60. The summed E-state index contributed by atoms with van der Waals surface area (Å²) in [5.41, 5.74) is 9.21. The minimum atomic E-state index is 0.690. The Hall–Kier alpha value is -1.87. The average Bonchev–Trinajstić information content (AvgIpc) is 2.36. The van der Waals surface area contributed by atoms with Crippen LogP contribution in [0.2, 0.25) is 5.02 Å². The molecule has 3 N–H and O–H groups in total. The zero-order chi connectivity index (χ0) is 13.1. The molecular weight excluding hydrogens is 248 g/mol. The number of nitrogen functional groups attached to an aromatic ring is 1. The van der Waals surface area contributed by atoms with Gasteiger partial charge in [-0.1, -0.05) is 11.6 Å². The maximum absolute atomic E-state index is 6.06. The SMILES string of the molecule is COc1cc(Cl)c(C)cc1Nc1ccc(N)cc1. The summed E-state index contributed by atoms with van der Waals surface area (Å²) in [6.45, 7) is 1.95. The van der Waals surface area contributed by atoms with Crippen LogP contribution in [0, 0.1) is 6.92 Å². The van der Waals surface area contributed by atoms with Crippen molar-refractivity contribution in [1.82, 2.24) is 0 Å². The third kappa shape index (κ3) is 2.68. The Bertz CT molecular complexity index is 552. The molecule has 0 fully saturated rings. The lowest BCUT2D eigenvalue weighted by Crippen LogP contribution is -1.96. The predicted molar refractivity (Wildman–Crippen MR) is 76.9 cm³/mol. The van der Waals surface area contributed by atoms with Crippen LogP contribution >= 0.6 is 11.6 Å². The molecule has 0 unspecified atom stereocenters. The van der Waals surface area contributed by atoms with E-state index in [9.17, 15) is 0 Å². The van der Waals surface area contributed by atoms with Crippen molar-refractivity contribution >= 4 is 28.7 Å². The van der Waals surface area contributed by atoms with E-state index >= 15 is 0 Å². The molecule has 3 nitrogen and oxygen atoms in total. The number of rotatable bonds is 3. The van der Waals surface area contributed by atoms with Gasteiger partial charge in [0.25, 0.3) is 0 Å².